The van der Waals surface area contributed by atoms with E-state index in [4.69, 9.17) is 4.42 Å². The fourth-order valence-electron chi connectivity index (χ4n) is 2.64. The van der Waals surface area contributed by atoms with E-state index in [2.05, 4.69) is 29.4 Å². The first-order valence-electron chi connectivity index (χ1n) is 9.10. The molecule has 0 saturated carbocycles. The van der Waals surface area contributed by atoms with Crippen molar-refractivity contribution in [2.24, 2.45) is 5.92 Å². The molecule has 0 bridgehead atoms. The highest BCUT2D eigenvalue weighted by Crippen LogP contribution is 2.28. The van der Waals surface area contributed by atoms with Crippen molar-refractivity contribution < 1.29 is 13.6 Å². The van der Waals surface area contributed by atoms with Gasteiger partial charge in [0.25, 0.3) is 0 Å². The van der Waals surface area contributed by atoms with E-state index >= 15 is 0 Å². The van der Waals surface area contributed by atoms with Gasteiger partial charge in [0.1, 0.15) is 5.82 Å². The van der Waals surface area contributed by atoms with Crippen LogP contribution < -0.4 is 5.32 Å². The van der Waals surface area contributed by atoms with Crippen molar-refractivity contribution in [1.29, 1.82) is 0 Å². The summed E-state index contributed by atoms with van der Waals surface area (Å²) in [6, 6.07) is 9.72. The topological polar surface area (TPSA) is 73.0 Å². The molecule has 3 aromatic rings. The Labute approximate surface area is 167 Å². The van der Waals surface area contributed by atoms with Crippen molar-refractivity contribution in [1.82, 2.24) is 20.1 Å². The number of halogens is 1. The van der Waals surface area contributed by atoms with Gasteiger partial charge in [-0.1, -0.05) is 37.7 Å². The summed E-state index contributed by atoms with van der Waals surface area (Å²) in [7, 11) is 0. The zero-order valence-electron chi connectivity index (χ0n) is 16.1. The van der Waals surface area contributed by atoms with E-state index in [1.54, 1.807) is 18.4 Å². The molecule has 0 aliphatic rings. The molecule has 0 fully saturated rings. The van der Waals surface area contributed by atoms with Crippen molar-refractivity contribution in [3.05, 3.63) is 54.0 Å². The number of furan rings is 1. The number of carbonyl (C=O) groups is 1. The SMILES string of the molecule is CC(C)Cn1c(SC(C)C(=O)NCc2ccc(F)cc2)nnc1-c1ccco1. The largest absolute Gasteiger partial charge is 0.461 e. The number of carbonyl (C=O) groups excluding carboxylic acids is 1. The first-order valence-corrected chi connectivity index (χ1v) is 9.98. The Morgan fingerprint density at radius 2 is 1.96 bits per heavy atom. The quantitative estimate of drug-likeness (QED) is 0.574. The van der Waals surface area contributed by atoms with Gasteiger partial charge in [-0.25, -0.2) is 4.39 Å². The van der Waals surface area contributed by atoms with Crippen LogP contribution in [0.3, 0.4) is 0 Å². The minimum atomic E-state index is -0.361. The Kier molecular flexibility index (Phi) is 6.51. The average Bonchev–Trinajstić information content (AvgIpc) is 3.31. The average molecular weight is 402 g/mol. The minimum absolute atomic E-state index is 0.118. The second kappa shape index (κ2) is 9.05. The Balaban J connectivity index is 1.68. The maximum atomic E-state index is 13.0. The minimum Gasteiger partial charge on any atom is -0.461 e. The molecule has 1 aromatic carbocycles. The van der Waals surface area contributed by atoms with Gasteiger partial charge in [0, 0.05) is 13.1 Å². The second-order valence-corrected chi connectivity index (χ2v) is 8.20. The van der Waals surface area contributed by atoms with Gasteiger partial charge in [-0.3, -0.25) is 9.36 Å². The van der Waals surface area contributed by atoms with E-state index in [-0.39, 0.29) is 17.0 Å². The van der Waals surface area contributed by atoms with Gasteiger partial charge in [0.05, 0.1) is 11.5 Å². The summed E-state index contributed by atoms with van der Waals surface area (Å²) in [5, 5.41) is 11.7. The number of benzene rings is 1. The second-order valence-electron chi connectivity index (χ2n) is 6.89. The zero-order valence-corrected chi connectivity index (χ0v) is 16.9. The zero-order chi connectivity index (χ0) is 20.1. The molecule has 2 aromatic heterocycles. The van der Waals surface area contributed by atoms with Crippen LogP contribution in [-0.2, 0) is 17.9 Å². The van der Waals surface area contributed by atoms with Crippen molar-refractivity contribution in [2.45, 2.75) is 44.3 Å². The molecular formula is C20H23FN4O2S. The molecule has 1 amide bonds. The van der Waals surface area contributed by atoms with Crippen molar-refractivity contribution in [3.8, 4) is 11.6 Å². The maximum Gasteiger partial charge on any atom is 0.233 e. The molecule has 3 rings (SSSR count). The van der Waals surface area contributed by atoms with Crippen LogP contribution in [0.15, 0.2) is 52.2 Å². The number of hydrogen-bond donors (Lipinski definition) is 1. The van der Waals surface area contributed by atoms with E-state index in [1.807, 2.05) is 23.6 Å². The smallest absolute Gasteiger partial charge is 0.233 e. The fraction of sp³-hybridized carbons (Fsp3) is 0.350. The van der Waals surface area contributed by atoms with E-state index in [9.17, 15) is 9.18 Å². The Hall–Kier alpha value is -2.61. The van der Waals surface area contributed by atoms with Gasteiger partial charge in [0.2, 0.25) is 5.91 Å². The number of thioether (sulfide) groups is 1. The molecular weight excluding hydrogens is 379 g/mol. The van der Waals surface area contributed by atoms with Gasteiger partial charge in [-0.05, 0) is 42.7 Å². The van der Waals surface area contributed by atoms with Gasteiger partial charge in [-0.15, -0.1) is 10.2 Å². The lowest BCUT2D eigenvalue weighted by Crippen LogP contribution is -2.30. The van der Waals surface area contributed by atoms with Crippen LogP contribution in [0.25, 0.3) is 11.6 Å². The third-order valence-corrected chi connectivity index (χ3v) is 5.12. The summed E-state index contributed by atoms with van der Waals surface area (Å²) in [6.45, 7) is 7.11. The predicted octanol–water partition coefficient (Wildman–Crippen LogP) is 4.13. The lowest BCUT2D eigenvalue weighted by molar-refractivity contribution is -0.120. The monoisotopic (exact) mass is 402 g/mol. The van der Waals surface area contributed by atoms with E-state index < -0.39 is 0 Å². The molecule has 8 heteroatoms. The summed E-state index contributed by atoms with van der Waals surface area (Å²) >= 11 is 1.35. The predicted molar refractivity (Wildman–Crippen MR) is 106 cm³/mol. The normalized spacial score (nSPS) is 12.3. The standard InChI is InChI=1S/C20H23FN4O2S/c1-13(2)12-25-18(17-5-4-10-27-17)23-24-20(25)28-14(3)19(26)22-11-15-6-8-16(21)9-7-15/h4-10,13-14H,11-12H2,1-3H3,(H,22,26). The van der Waals surface area contributed by atoms with Crippen LogP contribution in [0.1, 0.15) is 26.3 Å². The van der Waals surface area contributed by atoms with Crippen molar-refractivity contribution in [2.75, 3.05) is 0 Å². The number of nitrogens with one attached hydrogen (secondary N) is 1. The van der Waals surface area contributed by atoms with Crippen molar-refractivity contribution >= 4 is 17.7 Å². The lowest BCUT2D eigenvalue weighted by atomic mass is 10.2. The fourth-order valence-corrected chi connectivity index (χ4v) is 3.52. The maximum absolute atomic E-state index is 13.0. The lowest BCUT2D eigenvalue weighted by Gasteiger charge is -2.14. The first kappa shape index (κ1) is 20.1. The molecule has 0 spiro atoms. The van der Waals surface area contributed by atoms with Gasteiger partial charge in [0.15, 0.2) is 16.7 Å². The molecule has 0 saturated heterocycles. The molecule has 1 unspecified atom stereocenters. The number of hydrogen-bond acceptors (Lipinski definition) is 5. The van der Waals surface area contributed by atoms with Crippen LogP contribution in [0.2, 0.25) is 0 Å². The Morgan fingerprint density at radius 3 is 2.61 bits per heavy atom. The van der Waals surface area contributed by atoms with Gasteiger partial charge in [-0.2, -0.15) is 0 Å². The highest BCUT2D eigenvalue weighted by atomic mass is 32.2. The molecule has 2 heterocycles. The first-order chi connectivity index (χ1) is 13.4. The van der Waals surface area contributed by atoms with E-state index in [0.29, 0.717) is 29.2 Å². The highest BCUT2D eigenvalue weighted by Gasteiger charge is 2.22. The van der Waals surface area contributed by atoms with Crippen LogP contribution in [-0.4, -0.2) is 25.9 Å². The van der Waals surface area contributed by atoms with Crippen molar-refractivity contribution in [3.63, 3.8) is 0 Å². The molecule has 1 N–H and O–H groups in total. The summed E-state index contributed by atoms with van der Waals surface area (Å²) in [5.74, 6) is 1.27. The molecule has 0 aliphatic heterocycles. The van der Waals surface area contributed by atoms with Crippen LogP contribution >= 0.6 is 11.8 Å². The summed E-state index contributed by atoms with van der Waals surface area (Å²) in [4.78, 5) is 12.5. The molecule has 0 aliphatic carbocycles. The number of aromatic nitrogens is 3. The third-order valence-electron chi connectivity index (χ3n) is 4.04. The summed E-state index contributed by atoms with van der Waals surface area (Å²) in [5.41, 5.74) is 0.843. The summed E-state index contributed by atoms with van der Waals surface area (Å²) < 4.78 is 20.4. The van der Waals surface area contributed by atoms with Crippen LogP contribution in [0, 0.1) is 11.7 Å². The van der Waals surface area contributed by atoms with E-state index in [1.165, 1.54) is 23.9 Å². The van der Waals surface area contributed by atoms with E-state index in [0.717, 1.165) is 12.1 Å². The highest BCUT2D eigenvalue weighted by molar-refractivity contribution is 8.00. The molecule has 6 nitrogen and oxygen atoms in total. The van der Waals surface area contributed by atoms with Crippen LogP contribution in [0.5, 0.6) is 0 Å². The van der Waals surface area contributed by atoms with Crippen LogP contribution in [0.4, 0.5) is 4.39 Å². The summed E-state index contributed by atoms with van der Waals surface area (Å²) in [6.07, 6.45) is 1.60. The number of amides is 1. The molecule has 0 radical (unpaired) electrons. The van der Waals surface area contributed by atoms with Gasteiger partial charge < -0.3 is 9.73 Å². The molecule has 28 heavy (non-hydrogen) atoms. The molecule has 148 valence electrons. The third kappa shape index (κ3) is 5.01. The molecule has 1 atom stereocenters. The van der Waals surface area contributed by atoms with Gasteiger partial charge >= 0.3 is 0 Å². The number of nitrogens with zero attached hydrogens (tertiary/aromatic N) is 3. The number of rotatable bonds is 8. The Morgan fingerprint density at radius 1 is 1.21 bits per heavy atom. The Bertz CT molecular complexity index is 907.